The number of aromatic nitrogens is 3. The first-order valence-electron chi connectivity index (χ1n) is 9.41. The van der Waals surface area contributed by atoms with Crippen molar-refractivity contribution in [2.75, 3.05) is 12.4 Å². The Balaban J connectivity index is 1.71. The van der Waals surface area contributed by atoms with Gasteiger partial charge < -0.3 is 10.1 Å². The summed E-state index contributed by atoms with van der Waals surface area (Å²) in [5.41, 5.74) is 2.79. The van der Waals surface area contributed by atoms with Crippen LogP contribution in [0.25, 0.3) is 22.6 Å². The number of halogens is 1. The molecule has 7 heteroatoms. The minimum atomic E-state index is -0.460. The fourth-order valence-corrected chi connectivity index (χ4v) is 3.57. The summed E-state index contributed by atoms with van der Waals surface area (Å²) in [5, 5.41) is 8.11. The molecule has 2 heterocycles. The maximum Gasteiger partial charge on any atom is 0.300 e. The summed E-state index contributed by atoms with van der Waals surface area (Å²) < 4.78 is 20.3. The summed E-state index contributed by atoms with van der Waals surface area (Å²) in [6.07, 6.45) is -0.381. The van der Waals surface area contributed by atoms with E-state index in [9.17, 15) is 9.18 Å². The van der Waals surface area contributed by atoms with Crippen LogP contribution in [0.4, 0.5) is 10.1 Å². The van der Waals surface area contributed by atoms with Crippen LogP contribution in [0.5, 0.6) is 5.75 Å². The van der Waals surface area contributed by atoms with E-state index in [0.29, 0.717) is 11.4 Å². The number of nitrogens with zero attached hydrogens (tertiary/aromatic N) is 3. The van der Waals surface area contributed by atoms with Crippen LogP contribution in [-0.4, -0.2) is 21.9 Å². The topological polar surface area (TPSA) is 69.0 Å². The van der Waals surface area contributed by atoms with E-state index in [1.165, 1.54) is 24.3 Å². The lowest BCUT2D eigenvalue weighted by molar-refractivity contribution is 0.414. The third-order valence-corrected chi connectivity index (χ3v) is 5.09. The lowest BCUT2D eigenvalue weighted by atomic mass is 10.1. The fraction of sp³-hybridized carbons (Fsp3) is 0.0870. The Kier molecular flexibility index (Phi) is 4.28. The minimum Gasteiger partial charge on any atom is -0.497 e. The number of para-hydroxylation sites is 1. The van der Waals surface area contributed by atoms with Crippen molar-refractivity contribution in [2.45, 2.75) is 6.17 Å². The molecule has 1 N–H and O–H groups in total. The first kappa shape index (κ1) is 18.1. The van der Waals surface area contributed by atoms with Gasteiger partial charge in [-0.15, -0.1) is 0 Å². The number of fused-ring (bicyclic) bond motifs is 3. The standard InChI is InChI=1S/C23H17FN4O2/c1-30-17-12-8-15(9-13-17)21-25-19-5-3-2-4-18(19)22-26-23(29)20(27-28(21)22)14-6-10-16(24)11-7-14/h2-13,21,25H,1H3/t21-/m0/s1. The van der Waals surface area contributed by atoms with E-state index in [-0.39, 0.29) is 17.7 Å². The largest absolute Gasteiger partial charge is 0.497 e. The second-order valence-electron chi connectivity index (χ2n) is 6.91. The molecule has 1 aromatic heterocycles. The lowest BCUT2D eigenvalue weighted by Crippen LogP contribution is -2.32. The number of anilines is 1. The predicted molar refractivity (Wildman–Crippen MR) is 112 cm³/mol. The van der Waals surface area contributed by atoms with E-state index in [2.05, 4.69) is 15.4 Å². The van der Waals surface area contributed by atoms with E-state index >= 15 is 0 Å². The van der Waals surface area contributed by atoms with Gasteiger partial charge in [0.1, 0.15) is 17.7 Å². The zero-order valence-electron chi connectivity index (χ0n) is 16.0. The number of hydrogen-bond donors (Lipinski definition) is 1. The second-order valence-corrected chi connectivity index (χ2v) is 6.91. The predicted octanol–water partition coefficient (Wildman–Crippen LogP) is 4.09. The van der Waals surface area contributed by atoms with Crippen LogP contribution in [0.2, 0.25) is 0 Å². The van der Waals surface area contributed by atoms with Gasteiger partial charge in [-0.1, -0.05) is 24.3 Å². The number of nitrogens with one attached hydrogen (secondary N) is 1. The molecule has 0 saturated heterocycles. The lowest BCUT2D eigenvalue weighted by Gasteiger charge is -2.30. The van der Waals surface area contributed by atoms with Crippen LogP contribution in [0.3, 0.4) is 0 Å². The molecule has 1 atom stereocenters. The van der Waals surface area contributed by atoms with Crippen molar-refractivity contribution >= 4 is 5.69 Å². The summed E-state index contributed by atoms with van der Waals surface area (Å²) in [5.74, 6) is 0.839. The zero-order chi connectivity index (χ0) is 20.7. The van der Waals surface area contributed by atoms with Crippen molar-refractivity contribution in [3.05, 3.63) is 94.5 Å². The van der Waals surface area contributed by atoms with Gasteiger partial charge in [0.2, 0.25) is 0 Å². The van der Waals surface area contributed by atoms with Gasteiger partial charge in [0.15, 0.2) is 11.5 Å². The molecule has 148 valence electrons. The summed E-state index contributed by atoms with van der Waals surface area (Å²) in [7, 11) is 1.62. The molecular formula is C23H17FN4O2. The molecule has 0 amide bonds. The maximum absolute atomic E-state index is 13.3. The normalized spacial score (nSPS) is 14.4. The molecule has 0 aliphatic carbocycles. The Hall–Kier alpha value is -4.00. The van der Waals surface area contributed by atoms with Crippen molar-refractivity contribution < 1.29 is 9.13 Å². The monoisotopic (exact) mass is 400 g/mol. The van der Waals surface area contributed by atoms with Crippen molar-refractivity contribution in [2.24, 2.45) is 0 Å². The average molecular weight is 400 g/mol. The Morgan fingerprint density at radius 3 is 2.47 bits per heavy atom. The molecule has 5 rings (SSSR count). The molecule has 30 heavy (non-hydrogen) atoms. The average Bonchev–Trinajstić information content (AvgIpc) is 2.79. The van der Waals surface area contributed by atoms with Crippen LogP contribution in [-0.2, 0) is 0 Å². The Morgan fingerprint density at radius 1 is 1.00 bits per heavy atom. The highest BCUT2D eigenvalue weighted by Crippen LogP contribution is 2.36. The highest BCUT2D eigenvalue weighted by molar-refractivity contribution is 5.76. The molecule has 0 saturated carbocycles. The second kappa shape index (κ2) is 7.11. The van der Waals surface area contributed by atoms with Crippen molar-refractivity contribution in [3.63, 3.8) is 0 Å². The van der Waals surface area contributed by atoms with Crippen LogP contribution >= 0.6 is 0 Å². The smallest absolute Gasteiger partial charge is 0.300 e. The van der Waals surface area contributed by atoms with Gasteiger partial charge in [0, 0.05) is 16.8 Å². The SMILES string of the molecule is COc1ccc([C@H]2Nc3ccccc3-c3nc(=O)c(-c4ccc(F)cc4)nn32)cc1. The number of benzene rings is 3. The molecule has 3 aromatic carbocycles. The van der Waals surface area contributed by atoms with E-state index in [1.807, 2.05) is 48.5 Å². The van der Waals surface area contributed by atoms with Crippen molar-refractivity contribution in [3.8, 4) is 28.4 Å². The van der Waals surface area contributed by atoms with Crippen molar-refractivity contribution in [1.29, 1.82) is 0 Å². The quantitative estimate of drug-likeness (QED) is 0.561. The van der Waals surface area contributed by atoms with Gasteiger partial charge in [0.05, 0.1) is 7.11 Å². The van der Waals surface area contributed by atoms with Gasteiger partial charge in [-0.25, -0.2) is 9.07 Å². The Labute approximate surface area is 171 Å². The molecule has 0 unspecified atom stereocenters. The maximum atomic E-state index is 13.3. The number of ether oxygens (including phenoxy) is 1. The number of methoxy groups -OCH3 is 1. The molecule has 4 aromatic rings. The molecule has 0 bridgehead atoms. The molecular weight excluding hydrogens is 383 g/mol. The van der Waals surface area contributed by atoms with E-state index < -0.39 is 5.56 Å². The molecule has 0 spiro atoms. The summed E-state index contributed by atoms with van der Waals surface area (Å²) in [6.45, 7) is 0. The van der Waals surface area contributed by atoms with E-state index in [4.69, 9.17) is 4.74 Å². The summed E-state index contributed by atoms with van der Waals surface area (Å²) in [6, 6.07) is 20.9. The highest BCUT2D eigenvalue weighted by atomic mass is 19.1. The zero-order valence-corrected chi connectivity index (χ0v) is 16.0. The third-order valence-electron chi connectivity index (χ3n) is 5.09. The Morgan fingerprint density at radius 2 is 1.73 bits per heavy atom. The van der Waals surface area contributed by atoms with Crippen LogP contribution < -0.4 is 15.6 Å². The summed E-state index contributed by atoms with van der Waals surface area (Å²) >= 11 is 0. The van der Waals surface area contributed by atoms with Crippen LogP contribution in [0.15, 0.2) is 77.6 Å². The first-order chi connectivity index (χ1) is 14.6. The molecule has 1 aliphatic rings. The highest BCUT2D eigenvalue weighted by Gasteiger charge is 2.28. The molecule has 1 aliphatic heterocycles. The number of hydrogen-bond acceptors (Lipinski definition) is 5. The molecule has 0 radical (unpaired) electrons. The third kappa shape index (κ3) is 3.00. The minimum absolute atomic E-state index is 0.165. The molecule has 6 nitrogen and oxygen atoms in total. The van der Waals surface area contributed by atoms with Gasteiger partial charge in [-0.05, 0) is 54.1 Å². The van der Waals surface area contributed by atoms with Gasteiger partial charge >= 0.3 is 0 Å². The molecule has 0 fully saturated rings. The van der Waals surface area contributed by atoms with E-state index in [0.717, 1.165) is 22.6 Å². The van der Waals surface area contributed by atoms with Gasteiger partial charge in [0.25, 0.3) is 5.56 Å². The Bertz CT molecular complexity index is 1280. The van der Waals surface area contributed by atoms with Gasteiger partial charge in [-0.3, -0.25) is 4.79 Å². The van der Waals surface area contributed by atoms with Crippen LogP contribution in [0, 0.1) is 5.82 Å². The summed E-state index contributed by atoms with van der Waals surface area (Å²) in [4.78, 5) is 17.1. The van der Waals surface area contributed by atoms with Crippen LogP contribution in [0.1, 0.15) is 11.7 Å². The fourth-order valence-electron chi connectivity index (χ4n) is 3.57. The number of rotatable bonds is 3. The van der Waals surface area contributed by atoms with Crippen molar-refractivity contribution in [1.82, 2.24) is 14.8 Å². The van der Waals surface area contributed by atoms with E-state index in [1.54, 1.807) is 11.8 Å². The van der Waals surface area contributed by atoms with Gasteiger partial charge in [-0.2, -0.15) is 10.1 Å². The first-order valence-corrected chi connectivity index (χ1v) is 9.41.